The molecule has 0 bridgehead atoms. The maximum absolute atomic E-state index is 13.2. The molecule has 1 saturated heterocycles. The summed E-state index contributed by atoms with van der Waals surface area (Å²) in [5, 5.41) is 8.31. The minimum absolute atomic E-state index is 0.199. The number of amides is 2. The summed E-state index contributed by atoms with van der Waals surface area (Å²) in [5.41, 5.74) is 0.473. The van der Waals surface area contributed by atoms with E-state index in [-0.39, 0.29) is 24.0 Å². The Hall–Kier alpha value is -2.75. The molecule has 0 saturated carbocycles. The van der Waals surface area contributed by atoms with Gasteiger partial charge in [0.05, 0.1) is 5.39 Å². The van der Waals surface area contributed by atoms with Gasteiger partial charge < -0.3 is 10.2 Å². The molecule has 2 amide bonds. The van der Waals surface area contributed by atoms with Crippen LogP contribution in [0.5, 0.6) is 0 Å². The molecule has 164 valence electrons. The monoisotopic (exact) mass is 442 g/mol. The van der Waals surface area contributed by atoms with Gasteiger partial charge in [0.25, 0.3) is 0 Å². The zero-order chi connectivity index (χ0) is 22.1. The molecular weight excluding hydrogens is 416 g/mol. The van der Waals surface area contributed by atoms with Gasteiger partial charge in [0, 0.05) is 18.0 Å². The summed E-state index contributed by atoms with van der Waals surface area (Å²) in [6, 6.07) is 0. The fourth-order valence-electron chi connectivity index (χ4n) is 4.76. The van der Waals surface area contributed by atoms with Crippen LogP contribution in [0.3, 0.4) is 0 Å². The van der Waals surface area contributed by atoms with Gasteiger partial charge in [0.1, 0.15) is 22.7 Å². The molecule has 31 heavy (non-hydrogen) atoms. The van der Waals surface area contributed by atoms with Crippen LogP contribution < -0.4 is 11.0 Å². The second-order valence-electron chi connectivity index (χ2n) is 9.15. The largest absolute Gasteiger partial charge is 0.352 e. The Kier molecular flexibility index (Phi) is 4.47. The lowest BCUT2D eigenvalue weighted by Crippen LogP contribution is -2.64. The fourth-order valence-corrected chi connectivity index (χ4v) is 6.18. The molecule has 0 radical (unpaired) electrons. The van der Waals surface area contributed by atoms with Gasteiger partial charge in [0.15, 0.2) is 5.65 Å². The van der Waals surface area contributed by atoms with Gasteiger partial charge in [-0.05, 0) is 51.5 Å². The highest BCUT2D eigenvalue weighted by atomic mass is 32.1. The molecule has 9 nitrogen and oxygen atoms in total. The van der Waals surface area contributed by atoms with E-state index in [4.69, 9.17) is 0 Å². The summed E-state index contributed by atoms with van der Waals surface area (Å²) in [7, 11) is 0. The molecule has 3 aromatic heterocycles. The highest BCUT2D eigenvalue weighted by Crippen LogP contribution is 2.38. The summed E-state index contributed by atoms with van der Waals surface area (Å²) >= 11 is 1.69. The van der Waals surface area contributed by atoms with Gasteiger partial charge in [-0.3, -0.25) is 9.59 Å². The number of thiophene rings is 1. The number of piperazine rings is 1. The highest BCUT2D eigenvalue weighted by molar-refractivity contribution is 7.19. The molecule has 2 aliphatic rings. The molecule has 4 heterocycles. The Morgan fingerprint density at radius 1 is 1.32 bits per heavy atom. The van der Waals surface area contributed by atoms with Crippen LogP contribution in [0, 0.1) is 12.8 Å². The third kappa shape index (κ3) is 2.99. The standard InChI is InChI=1S/C21H26N6O3S/c1-11-5-6-13-14(9-11)31-18-16(13)17-24-26(20(30)27(17)12(2)23-18)10-15(28)25-8-7-22-19(29)21(25,3)4/h11H,5-10H2,1-4H3,(H,22,29)/t11-/m0/s1. The average Bonchev–Trinajstić information content (AvgIpc) is 3.21. The van der Waals surface area contributed by atoms with Crippen molar-refractivity contribution in [1.82, 2.24) is 29.4 Å². The summed E-state index contributed by atoms with van der Waals surface area (Å²) in [6.45, 7) is 8.07. The lowest BCUT2D eigenvalue weighted by molar-refractivity contribution is -0.149. The molecule has 1 fully saturated rings. The third-order valence-electron chi connectivity index (χ3n) is 6.58. The number of fused-ring (bicyclic) bond motifs is 5. The van der Waals surface area contributed by atoms with E-state index in [1.165, 1.54) is 24.4 Å². The highest BCUT2D eigenvalue weighted by Gasteiger charge is 2.40. The molecule has 0 aromatic carbocycles. The molecular formula is C21H26N6O3S. The zero-order valence-electron chi connectivity index (χ0n) is 18.2. The average molecular weight is 443 g/mol. The first kappa shape index (κ1) is 20.2. The summed E-state index contributed by atoms with van der Waals surface area (Å²) in [5.74, 6) is 0.708. The summed E-state index contributed by atoms with van der Waals surface area (Å²) in [4.78, 5) is 46.9. The van der Waals surface area contributed by atoms with Crippen LogP contribution in [0.4, 0.5) is 0 Å². The van der Waals surface area contributed by atoms with Crippen LogP contribution >= 0.6 is 11.3 Å². The van der Waals surface area contributed by atoms with Crippen molar-refractivity contribution in [3.8, 4) is 0 Å². The number of rotatable bonds is 2. The molecule has 0 unspecified atom stereocenters. The Morgan fingerprint density at radius 2 is 2.10 bits per heavy atom. The van der Waals surface area contributed by atoms with Crippen LogP contribution in [-0.2, 0) is 29.0 Å². The minimum atomic E-state index is -0.966. The van der Waals surface area contributed by atoms with E-state index in [0.29, 0.717) is 30.5 Å². The topological polar surface area (TPSA) is 102 Å². The zero-order valence-corrected chi connectivity index (χ0v) is 19.0. The maximum atomic E-state index is 13.2. The predicted molar refractivity (Wildman–Crippen MR) is 117 cm³/mol. The van der Waals surface area contributed by atoms with E-state index in [1.54, 1.807) is 32.1 Å². The first-order valence-corrected chi connectivity index (χ1v) is 11.5. The van der Waals surface area contributed by atoms with Gasteiger partial charge in [-0.15, -0.1) is 16.4 Å². The van der Waals surface area contributed by atoms with Crippen molar-refractivity contribution < 1.29 is 9.59 Å². The van der Waals surface area contributed by atoms with Gasteiger partial charge in [0.2, 0.25) is 11.8 Å². The SMILES string of the molecule is Cc1nc2sc3c(c2c2nn(CC(=O)N4CCNC(=O)C4(C)C)c(=O)n12)CC[C@H](C)C3. The van der Waals surface area contributed by atoms with E-state index in [9.17, 15) is 14.4 Å². The molecule has 0 spiro atoms. The normalized spacial score (nSPS) is 20.8. The van der Waals surface area contributed by atoms with Crippen molar-refractivity contribution in [2.24, 2.45) is 5.92 Å². The van der Waals surface area contributed by atoms with E-state index in [1.807, 2.05) is 0 Å². The molecule has 3 aromatic rings. The number of carbonyl (C=O) groups excluding carboxylic acids is 2. The quantitative estimate of drug-likeness (QED) is 0.644. The van der Waals surface area contributed by atoms with Gasteiger partial charge in [-0.1, -0.05) is 6.92 Å². The molecule has 1 aliphatic heterocycles. The number of hydrogen-bond donors (Lipinski definition) is 1. The predicted octanol–water partition coefficient (Wildman–Crippen LogP) is 1.28. The second-order valence-corrected chi connectivity index (χ2v) is 10.2. The Morgan fingerprint density at radius 3 is 2.87 bits per heavy atom. The lowest BCUT2D eigenvalue weighted by Gasteiger charge is -2.41. The Balaban J connectivity index is 1.59. The van der Waals surface area contributed by atoms with Crippen LogP contribution in [-0.4, -0.2) is 54.5 Å². The number of aryl methyl sites for hydroxylation is 2. The summed E-state index contributed by atoms with van der Waals surface area (Å²) < 4.78 is 2.72. The van der Waals surface area contributed by atoms with E-state index < -0.39 is 5.54 Å². The number of hydrogen-bond acceptors (Lipinski definition) is 6. The molecule has 1 N–H and O–H groups in total. The summed E-state index contributed by atoms with van der Waals surface area (Å²) in [6.07, 6.45) is 3.08. The third-order valence-corrected chi connectivity index (χ3v) is 7.73. The molecule has 5 rings (SSSR count). The minimum Gasteiger partial charge on any atom is -0.352 e. The lowest BCUT2D eigenvalue weighted by atomic mass is 9.89. The fraction of sp³-hybridized carbons (Fsp3) is 0.571. The van der Waals surface area contributed by atoms with E-state index >= 15 is 0 Å². The first-order valence-electron chi connectivity index (χ1n) is 10.7. The molecule has 1 aliphatic carbocycles. The van der Waals surface area contributed by atoms with Crippen molar-refractivity contribution in [3.05, 3.63) is 26.7 Å². The van der Waals surface area contributed by atoms with E-state index in [0.717, 1.165) is 29.5 Å². The number of carbonyl (C=O) groups is 2. The van der Waals surface area contributed by atoms with Crippen LogP contribution in [0.2, 0.25) is 0 Å². The van der Waals surface area contributed by atoms with Crippen LogP contribution in [0.15, 0.2) is 4.79 Å². The van der Waals surface area contributed by atoms with Crippen molar-refractivity contribution in [1.29, 1.82) is 0 Å². The van der Waals surface area contributed by atoms with E-state index in [2.05, 4.69) is 22.3 Å². The van der Waals surface area contributed by atoms with Crippen LogP contribution in [0.1, 0.15) is 43.5 Å². The van der Waals surface area contributed by atoms with Crippen molar-refractivity contribution >= 4 is 39.0 Å². The van der Waals surface area contributed by atoms with Crippen LogP contribution in [0.25, 0.3) is 15.9 Å². The number of nitrogens with zero attached hydrogens (tertiary/aromatic N) is 5. The maximum Gasteiger partial charge on any atom is 0.352 e. The molecule has 10 heteroatoms. The first-order chi connectivity index (χ1) is 14.7. The number of aromatic nitrogens is 4. The van der Waals surface area contributed by atoms with Gasteiger partial charge in [-0.25, -0.2) is 18.9 Å². The van der Waals surface area contributed by atoms with Crippen molar-refractivity contribution in [2.75, 3.05) is 13.1 Å². The second kappa shape index (κ2) is 6.88. The van der Waals surface area contributed by atoms with Gasteiger partial charge in [-0.2, -0.15) is 0 Å². The van der Waals surface area contributed by atoms with Crippen molar-refractivity contribution in [3.63, 3.8) is 0 Å². The smallest absolute Gasteiger partial charge is 0.352 e. The number of nitrogens with one attached hydrogen (secondary N) is 1. The van der Waals surface area contributed by atoms with Gasteiger partial charge >= 0.3 is 5.69 Å². The Bertz CT molecular complexity index is 1300. The Labute approximate surface area is 183 Å². The van der Waals surface area contributed by atoms with Crippen molar-refractivity contribution in [2.45, 2.75) is 59.0 Å². The molecule has 1 atom stereocenters.